The number of hydrogen-bond donors (Lipinski definition) is 1. The minimum Gasteiger partial charge on any atom is -0.450 e. The number of piperazine rings is 1. The first-order chi connectivity index (χ1) is 13.5. The van der Waals surface area contributed by atoms with Crippen LogP contribution in [-0.4, -0.2) is 92.6 Å². The van der Waals surface area contributed by atoms with Crippen LogP contribution in [0, 0.1) is 0 Å². The molecule has 8 nitrogen and oxygen atoms in total. The highest BCUT2D eigenvalue weighted by Crippen LogP contribution is 2.05. The number of hydrogen-bond acceptors (Lipinski definition) is 4. The Kier molecular flexibility index (Phi) is 11.4. The van der Waals surface area contributed by atoms with E-state index < -0.39 is 0 Å². The molecule has 1 aromatic rings. The third-order valence-corrected chi connectivity index (χ3v) is 4.51. The minimum absolute atomic E-state index is 0. The normalized spacial score (nSPS) is 14.1. The summed E-state index contributed by atoms with van der Waals surface area (Å²) in [4.78, 5) is 33.7. The molecule has 0 radical (unpaired) electrons. The summed E-state index contributed by atoms with van der Waals surface area (Å²) in [6, 6.07) is 10.2. The number of nitrogens with one attached hydrogen (secondary N) is 1. The molecule has 2 rings (SSSR count). The van der Waals surface area contributed by atoms with Gasteiger partial charge in [-0.2, -0.15) is 0 Å². The van der Waals surface area contributed by atoms with E-state index in [1.807, 2.05) is 18.2 Å². The summed E-state index contributed by atoms with van der Waals surface area (Å²) >= 11 is 0. The van der Waals surface area contributed by atoms with Crippen LogP contribution in [0.1, 0.15) is 12.5 Å². The van der Waals surface area contributed by atoms with E-state index in [-0.39, 0.29) is 42.5 Å². The third kappa shape index (κ3) is 8.46. The van der Waals surface area contributed by atoms with E-state index in [4.69, 9.17) is 4.74 Å². The van der Waals surface area contributed by atoms with Crippen LogP contribution in [0.25, 0.3) is 0 Å². The van der Waals surface area contributed by atoms with Crippen LogP contribution in [0.3, 0.4) is 0 Å². The van der Waals surface area contributed by atoms with Gasteiger partial charge in [-0.05, 0) is 18.9 Å². The van der Waals surface area contributed by atoms with E-state index in [1.54, 1.807) is 25.9 Å². The molecular weight excluding hydrogens is 485 g/mol. The molecule has 0 spiro atoms. The largest absolute Gasteiger partial charge is 0.450 e. The SMILES string of the molecule is CCOC(=O)N1CCN(C(=NCC(=O)N(C)C)NCCc2ccccc2)CC1.I. The summed E-state index contributed by atoms with van der Waals surface area (Å²) < 4.78 is 5.07. The van der Waals surface area contributed by atoms with Gasteiger partial charge in [0.05, 0.1) is 6.61 Å². The summed E-state index contributed by atoms with van der Waals surface area (Å²) in [5.41, 5.74) is 1.24. The predicted molar refractivity (Wildman–Crippen MR) is 125 cm³/mol. The molecule has 0 atom stereocenters. The van der Waals surface area contributed by atoms with Crippen LogP contribution >= 0.6 is 24.0 Å². The summed E-state index contributed by atoms with van der Waals surface area (Å²) in [7, 11) is 3.44. The lowest BCUT2D eigenvalue weighted by Gasteiger charge is -2.36. The lowest BCUT2D eigenvalue weighted by Crippen LogP contribution is -2.54. The van der Waals surface area contributed by atoms with Gasteiger partial charge in [0.1, 0.15) is 6.54 Å². The molecule has 0 unspecified atom stereocenters. The van der Waals surface area contributed by atoms with Crippen LogP contribution < -0.4 is 5.32 Å². The highest BCUT2D eigenvalue weighted by Gasteiger charge is 2.24. The fourth-order valence-electron chi connectivity index (χ4n) is 2.83. The quantitative estimate of drug-likeness (QED) is 0.353. The standard InChI is InChI=1S/C20H31N5O3.HI/c1-4-28-20(27)25-14-12-24(13-15-25)19(22-16-18(26)23(2)3)21-11-10-17-8-6-5-7-9-17;/h5-9H,4,10-16H2,1-3H3,(H,21,22);1H. The number of amides is 2. The van der Waals surface area contributed by atoms with E-state index in [0.29, 0.717) is 38.7 Å². The van der Waals surface area contributed by atoms with Gasteiger partial charge < -0.3 is 24.8 Å². The maximum atomic E-state index is 11.9. The fraction of sp³-hybridized carbons (Fsp3) is 0.550. The summed E-state index contributed by atoms with van der Waals surface area (Å²) in [6.45, 7) is 5.42. The minimum atomic E-state index is -0.277. The van der Waals surface area contributed by atoms with Gasteiger partial charge >= 0.3 is 6.09 Å². The monoisotopic (exact) mass is 517 g/mol. The molecule has 1 aliphatic heterocycles. The van der Waals surface area contributed by atoms with Crippen molar-refractivity contribution in [2.45, 2.75) is 13.3 Å². The Morgan fingerprint density at radius 1 is 1.10 bits per heavy atom. The molecule has 0 bridgehead atoms. The van der Waals surface area contributed by atoms with Crippen molar-refractivity contribution in [3.63, 3.8) is 0 Å². The lowest BCUT2D eigenvalue weighted by molar-refractivity contribution is -0.127. The van der Waals surface area contributed by atoms with Gasteiger partial charge in [0, 0.05) is 46.8 Å². The fourth-order valence-corrected chi connectivity index (χ4v) is 2.83. The highest BCUT2D eigenvalue weighted by atomic mass is 127. The Bertz CT molecular complexity index is 661. The topological polar surface area (TPSA) is 77.5 Å². The maximum absolute atomic E-state index is 11.9. The Balaban J connectivity index is 0.00000420. The predicted octanol–water partition coefficient (Wildman–Crippen LogP) is 1.66. The zero-order valence-corrected chi connectivity index (χ0v) is 19.8. The van der Waals surface area contributed by atoms with Crippen molar-refractivity contribution in [1.29, 1.82) is 0 Å². The third-order valence-electron chi connectivity index (χ3n) is 4.51. The number of rotatable bonds is 6. The van der Waals surface area contributed by atoms with Crippen molar-refractivity contribution >= 4 is 41.9 Å². The van der Waals surface area contributed by atoms with Crippen molar-refractivity contribution < 1.29 is 14.3 Å². The van der Waals surface area contributed by atoms with Crippen molar-refractivity contribution in [1.82, 2.24) is 20.0 Å². The molecule has 9 heteroatoms. The first kappa shape index (κ1) is 25.0. The number of carbonyl (C=O) groups excluding carboxylic acids is 2. The van der Waals surface area contributed by atoms with Gasteiger partial charge in [0.25, 0.3) is 0 Å². The van der Waals surface area contributed by atoms with Crippen LogP contribution in [0.2, 0.25) is 0 Å². The average molecular weight is 517 g/mol. The van der Waals surface area contributed by atoms with E-state index in [9.17, 15) is 9.59 Å². The zero-order chi connectivity index (χ0) is 20.4. The number of carbonyl (C=O) groups is 2. The van der Waals surface area contributed by atoms with E-state index in [2.05, 4.69) is 27.3 Å². The molecule has 1 fully saturated rings. The molecule has 29 heavy (non-hydrogen) atoms. The Hall–Kier alpha value is -2.04. The molecule has 2 amide bonds. The molecule has 0 saturated carbocycles. The van der Waals surface area contributed by atoms with E-state index in [0.717, 1.165) is 13.0 Å². The number of guanidine groups is 1. The van der Waals surface area contributed by atoms with E-state index in [1.165, 1.54) is 10.5 Å². The molecule has 0 aromatic heterocycles. The van der Waals surface area contributed by atoms with Gasteiger partial charge in [-0.25, -0.2) is 9.79 Å². The smallest absolute Gasteiger partial charge is 0.409 e. The Morgan fingerprint density at radius 3 is 2.31 bits per heavy atom. The van der Waals surface area contributed by atoms with Crippen molar-refractivity contribution in [3.8, 4) is 0 Å². The molecule has 1 saturated heterocycles. The van der Waals surface area contributed by atoms with Crippen LogP contribution in [0.5, 0.6) is 0 Å². The molecule has 0 aliphatic carbocycles. The van der Waals surface area contributed by atoms with Crippen molar-refractivity contribution in [3.05, 3.63) is 35.9 Å². The first-order valence-electron chi connectivity index (χ1n) is 9.70. The van der Waals surface area contributed by atoms with Gasteiger partial charge in [0.2, 0.25) is 5.91 Å². The molecule has 1 aromatic carbocycles. The summed E-state index contributed by atoms with van der Waals surface area (Å²) in [6.07, 6.45) is 0.588. The van der Waals surface area contributed by atoms with Crippen LogP contribution in [0.15, 0.2) is 35.3 Å². The second-order valence-electron chi connectivity index (χ2n) is 6.76. The number of nitrogens with zero attached hydrogens (tertiary/aromatic N) is 4. The molecule has 1 heterocycles. The molecule has 1 aliphatic rings. The number of aliphatic imine (C=N–C) groups is 1. The number of benzene rings is 1. The van der Waals surface area contributed by atoms with Crippen LogP contribution in [-0.2, 0) is 16.0 Å². The lowest BCUT2D eigenvalue weighted by atomic mass is 10.1. The Morgan fingerprint density at radius 2 is 1.72 bits per heavy atom. The average Bonchev–Trinajstić information content (AvgIpc) is 2.71. The summed E-state index contributed by atoms with van der Waals surface area (Å²) in [5.74, 6) is 0.655. The maximum Gasteiger partial charge on any atom is 0.409 e. The molecule has 162 valence electrons. The second kappa shape index (κ2) is 13.2. The number of halogens is 1. The first-order valence-corrected chi connectivity index (χ1v) is 9.70. The molecule has 1 N–H and O–H groups in total. The number of ether oxygens (including phenoxy) is 1. The number of likely N-dealkylation sites (N-methyl/N-ethyl adjacent to an activating group) is 1. The van der Waals surface area contributed by atoms with Crippen molar-refractivity contribution in [2.75, 3.05) is 60.0 Å². The van der Waals surface area contributed by atoms with Crippen molar-refractivity contribution in [2.24, 2.45) is 4.99 Å². The van der Waals surface area contributed by atoms with Gasteiger partial charge in [-0.1, -0.05) is 30.3 Å². The van der Waals surface area contributed by atoms with Crippen LogP contribution in [0.4, 0.5) is 4.79 Å². The highest BCUT2D eigenvalue weighted by molar-refractivity contribution is 14.0. The zero-order valence-electron chi connectivity index (χ0n) is 17.5. The molecular formula is C20H32IN5O3. The van der Waals surface area contributed by atoms with Gasteiger partial charge in [-0.15, -0.1) is 24.0 Å². The second-order valence-corrected chi connectivity index (χ2v) is 6.76. The summed E-state index contributed by atoms with van der Waals surface area (Å²) in [5, 5.41) is 3.37. The Labute approximate surface area is 190 Å². The van der Waals surface area contributed by atoms with Gasteiger partial charge in [0.15, 0.2) is 5.96 Å². The van der Waals surface area contributed by atoms with Gasteiger partial charge in [-0.3, -0.25) is 4.79 Å². The van der Waals surface area contributed by atoms with E-state index >= 15 is 0 Å².